The second-order valence-corrected chi connectivity index (χ2v) is 15.6. The van der Waals surface area contributed by atoms with Gasteiger partial charge in [0.15, 0.2) is 0 Å². The van der Waals surface area contributed by atoms with Crippen LogP contribution in [0.15, 0.2) is 235 Å². The lowest BCUT2D eigenvalue weighted by atomic mass is 9.91. The standard InChI is InChI=1S/C58H41NO/c1-4-15-40(16-5-1)41-27-32-48(33-28-41)59(49-34-29-42(30-35-49)47-31-36-50(43-17-6-2-7-18-43)54(37-47)44-19-8-3-9-20-44)56-26-13-12-23-51(56)52-24-14-25-53-55-38-45-21-10-11-22-46(45)39-57(55)60-58(52)53/h1-12,14-25,27-39H,13,26H2. The monoisotopic (exact) mass is 767 g/mol. The van der Waals surface area contributed by atoms with Crippen LogP contribution in [-0.4, -0.2) is 0 Å². The van der Waals surface area contributed by atoms with Gasteiger partial charge in [-0.3, -0.25) is 0 Å². The third kappa shape index (κ3) is 6.49. The maximum Gasteiger partial charge on any atom is 0.143 e. The zero-order valence-corrected chi connectivity index (χ0v) is 33.1. The van der Waals surface area contributed by atoms with E-state index in [1.54, 1.807) is 0 Å². The molecule has 0 atom stereocenters. The molecule has 2 heteroatoms. The molecular formula is C58H41NO. The molecule has 0 fully saturated rings. The highest BCUT2D eigenvalue weighted by molar-refractivity contribution is 6.13. The van der Waals surface area contributed by atoms with Crippen LogP contribution in [0.1, 0.15) is 18.4 Å². The summed E-state index contributed by atoms with van der Waals surface area (Å²) in [5.74, 6) is 0. The maximum atomic E-state index is 6.81. The minimum absolute atomic E-state index is 0.885. The molecule has 0 unspecified atom stereocenters. The van der Waals surface area contributed by atoms with E-state index < -0.39 is 0 Å². The summed E-state index contributed by atoms with van der Waals surface area (Å²) in [4.78, 5) is 2.46. The predicted octanol–water partition coefficient (Wildman–Crippen LogP) is 16.3. The van der Waals surface area contributed by atoms with Crippen molar-refractivity contribution in [1.82, 2.24) is 0 Å². The predicted molar refractivity (Wildman–Crippen MR) is 253 cm³/mol. The van der Waals surface area contributed by atoms with Gasteiger partial charge in [-0.25, -0.2) is 0 Å². The summed E-state index contributed by atoms with van der Waals surface area (Å²) in [5.41, 5.74) is 17.2. The van der Waals surface area contributed by atoms with E-state index in [4.69, 9.17) is 4.42 Å². The van der Waals surface area contributed by atoms with E-state index in [2.05, 4.69) is 229 Å². The lowest BCUT2D eigenvalue weighted by Crippen LogP contribution is -2.19. The molecule has 1 heterocycles. The van der Waals surface area contributed by atoms with Crippen molar-refractivity contribution < 1.29 is 4.42 Å². The fraction of sp³-hybridized carbons (Fsp3) is 0.0345. The van der Waals surface area contributed by atoms with Crippen LogP contribution in [0.4, 0.5) is 11.4 Å². The second kappa shape index (κ2) is 15.2. The lowest BCUT2D eigenvalue weighted by Gasteiger charge is -2.31. The third-order valence-electron chi connectivity index (χ3n) is 11.9. The van der Waals surface area contributed by atoms with Crippen LogP contribution in [0.2, 0.25) is 0 Å². The van der Waals surface area contributed by atoms with Gasteiger partial charge in [0.05, 0.1) is 0 Å². The van der Waals surface area contributed by atoms with E-state index in [0.717, 1.165) is 51.7 Å². The average Bonchev–Trinajstić information content (AvgIpc) is 3.70. The molecule has 0 bridgehead atoms. The highest BCUT2D eigenvalue weighted by Crippen LogP contribution is 2.44. The van der Waals surface area contributed by atoms with Crippen LogP contribution in [0.5, 0.6) is 0 Å². The molecule has 1 aliphatic carbocycles. The fourth-order valence-electron chi connectivity index (χ4n) is 8.97. The van der Waals surface area contributed by atoms with Gasteiger partial charge < -0.3 is 9.32 Å². The normalized spacial score (nSPS) is 12.7. The Labute approximate surface area is 350 Å². The zero-order valence-electron chi connectivity index (χ0n) is 33.1. The summed E-state index contributed by atoms with van der Waals surface area (Å²) < 4.78 is 6.81. The van der Waals surface area contributed by atoms with Crippen molar-refractivity contribution in [2.75, 3.05) is 4.90 Å². The number of furan rings is 1. The van der Waals surface area contributed by atoms with Gasteiger partial charge in [-0.1, -0.05) is 182 Å². The van der Waals surface area contributed by atoms with Crippen LogP contribution in [0.3, 0.4) is 0 Å². The van der Waals surface area contributed by atoms with Crippen molar-refractivity contribution >= 4 is 49.7 Å². The SMILES string of the molecule is C1=CC(c2cccc3c2oc2cc4ccccc4cc23)=C(N(c2ccc(-c3ccccc3)cc2)c2ccc(-c3ccc(-c4ccccc4)c(-c4ccccc4)c3)cc2)CC1. The van der Waals surface area contributed by atoms with E-state index in [1.165, 1.54) is 66.6 Å². The van der Waals surface area contributed by atoms with Gasteiger partial charge in [0, 0.05) is 39.0 Å². The molecule has 60 heavy (non-hydrogen) atoms. The van der Waals surface area contributed by atoms with Crippen LogP contribution in [0, 0.1) is 0 Å². The van der Waals surface area contributed by atoms with Gasteiger partial charge in [0.25, 0.3) is 0 Å². The number of anilines is 2. The molecule has 0 spiro atoms. The first kappa shape index (κ1) is 35.5. The molecule has 11 rings (SSSR count). The molecule has 10 aromatic rings. The van der Waals surface area contributed by atoms with Gasteiger partial charge in [0.2, 0.25) is 0 Å². The number of fused-ring (bicyclic) bond motifs is 4. The molecule has 0 radical (unpaired) electrons. The van der Waals surface area contributed by atoms with Gasteiger partial charge in [0.1, 0.15) is 11.2 Å². The van der Waals surface area contributed by atoms with Crippen LogP contribution >= 0.6 is 0 Å². The largest absolute Gasteiger partial charge is 0.455 e. The fourth-order valence-corrected chi connectivity index (χ4v) is 8.97. The summed E-state index contributed by atoms with van der Waals surface area (Å²) in [5, 5.41) is 4.67. The molecule has 9 aromatic carbocycles. The number of allylic oxidation sites excluding steroid dienone is 4. The van der Waals surface area contributed by atoms with Crippen molar-refractivity contribution in [3.05, 3.63) is 236 Å². The highest BCUT2D eigenvalue weighted by Gasteiger charge is 2.24. The number of benzene rings is 9. The Balaban J connectivity index is 1.05. The lowest BCUT2D eigenvalue weighted by molar-refractivity contribution is 0.668. The number of para-hydroxylation sites is 1. The van der Waals surface area contributed by atoms with Crippen LogP contribution in [0.25, 0.3) is 82.8 Å². The van der Waals surface area contributed by atoms with E-state index >= 15 is 0 Å². The first-order chi connectivity index (χ1) is 29.7. The summed E-state index contributed by atoms with van der Waals surface area (Å²) in [6, 6.07) is 76.6. The van der Waals surface area contributed by atoms with Crippen molar-refractivity contribution in [3.8, 4) is 44.5 Å². The molecule has 1 aromatic heterocycles. The minimum atomic E-state index is 0.885. The Hall–Kier alpha value is -7.68. The Bertz CT molecular complexity index is 3210. The van der Waals surface area contributed by atoms with E-state index in [1.807, 2.05) is 0 Å². The van der Waals surface area contributed by atoms with Crippen LogP contribution in [-0.2, 0) is 0 Å². The second-order valence-electron chi connectivity index (χ2n) is 15.6. The summed E-state index contributed by atoms with van der Waals surface area (Å²) >= 11 is 0. The van der Waals surface area contributed by atoms with Gasteiger partial charge in [-0.05, 0) is 111 Å². The minimum Gasteiger partial charge on any atom is -0.455 e. The Morgan fingerprint density at radius 3 is 1.60 bits per heavy atom. The van der Waals surface area contributed by atoms with Gasteiger partial charge in [-0.2, -0.15) is 0 Å². The molecule has 2 nitrogen and oxygen atoms in total. The maximum absolute atomic E-state index is 6.81. The van der Waals surface area contributed by atoms with E-state index in [9.17, 15) is 0 Å². The Kier molecular flexibility index (Phi) is 9.02. The summed E-state index contributed by atoms with van der Waals surface area (Å²) in [6.45, 7) is 0. The number of nitrogens with zero attached hydrogens (tertiary/aromatic N) is 1. The average molecular weight is 768 g/mol. The summed E-state index contributed by atoms with van der Waals surface area (Å²) in [6.07, 6.45) is 6.44. The molecule has 0 saturated heterocycles. The van der Waals surface area contributed by atoms with Crippen LogP contribution < -0.4 is 4.90 Å². The zero-order chi connectivity index (χ0) is 39.8. The molecule has 0 saturated carbocycles. The topological polar surface area (TPSA) is 16.4 Å². The molecule has 0 amide bonds. The quantitative estimate of drug-likeness (QED) is 0.153. The molecule has 0 aliphatic heterocycles. The Morgan fingerprint density at radius 2 is 0.933 bits per heavy atom. The smallest absolute Gasteiger partial charge is 0.143 e. The van der Waals surface area contributed by atoms with Crippen molar-refractivity contribution in [1.29, 1.82) is 0 Å². The van der Waals surface area contributed by atoms with Gasteiger partial charge in [-0.15, -0.1) is 0 Å². The van der Waals surface area contributed by atoms with E-state index in [-0.39, 0.29) is 0 Å². The summed E-state index contributed by atoms with van der Waals surface area (Å²) in [7, 11) is 0. The van der Waals surface area contributed by atoms with Crippen molar-refractivity contribution in [2.45, 2.75) is 12.8 Å². The number of hydrogen-bond acceptors (Lipinski definition) is 2. The molecule has 284 valence electrons. The van der Waals surface area contributed by atoms with E-state index in [0.29, 0.717) is 0 Å². The number of rotatable bonds is 8. The first-order valence-corrected chi connectivity index (χ1v) is 20.8. The third-order valence-corrected chi connectivity index (χ3v) is 11.9. The molecule has 1 aliphatic rings. The molecular weight excluding hydrogens is 727 g/mol. The first-order valence-electron chi connectivity index (χ1n) is 20.8. The molecule has 0 N–H and O–H groups in total. The number of hydrogen-bond donors (Lipinski definition) is 0. The highest BCUT2D eigenvalue weighted by atomic mass is 16.3. The Morgan fingerprint density at radius 1 is 0.383 bits per heavy atom. The van der Waals surface area contributed by atoms with Crippen molar-refractivity contribution in [2.24, 2.45) is 0 Å². The van der Waals surface area contributed by atoms with Gasteiger partial charge >= 0.3 is 0 Å². The van der Waals surface area contributed by atoms with Crippen molar-refractivity contribution in [3.63, 3.8) is 0 Å².